The first-order valence-electron chi connectivity index (χ1n) is 9.99. The van der Waals surface area contributed by atoms with Crippen molar-refractivity contribution in [3.05, 3.63) is 64.4 Å². The highest BCUT2D eigenvalue weighted by atomic mass is 35.5. The van der Waals surface area contributed by atoms with Crippen LogP contribution < -0.4 is 19.9 Å². The zero-order valence-electron chi connectivity index (χ0n) is 16.9. The van der Waals surface area contributed by atoms with Gasteiger partial charge in [0, 0.05) is 5.02 Å². The van der Waals surface area contributed by atoms with Gasteiger partial charge >= 0.3 is 0 Å². The summed E-state index contributed by atoms with van der Waals surface area (Å²) in [6, 6.07) is 12.1. The van der Waals surface area contributed by atoms with Crippen LogP contribution >= 0.6 is 11.6 Å². The van der Waals surface area contributed by atoms with Crippen LogP contribution in [0.3, 0.4) is 0 Å². The fourth-order valence-electron chi connectivity index (χ4n) is 3.84. The number of carbonyl (C=O) groups is 1. The van der Waals surface area contributed by atoms with Crippen molar-refractivity contribution in [2.24, 2.45) is 0 Å². The van der Waals surface area contributed by atoms with Crippen LogP contribution in [0.1, 0.15) is 24.1 Å². The molecular weight excluding hydrogens is 393 g/mol. The van der Waals surface area contributed by atoms with E-state index in [0.717, 1.165) is 49.6 Å². The number of ether oxygens (including phenoxy) is 1. The molecule has 1 atom stereocenters. The SMILES string of the molecule is COc1ccc(F)cc1C[NH+]1CC[NH+](CC(=O)N[C@H](C)c2cccc(Cl)c2)CC1. The van der Waals surface area contributed by atoms with Gasteiger partial charge in [0.05, 0.1) is 18.7 Å². The molecule has 2 aromatic carbocycles. The van der Waals surface area contributed by atoms with Gasteiger partial charge in [-0.05, 0) is 42.8 Å². The molecule has 0 aliphatic carbocycles. The molecule has 0 radical (unpaired) electrons. The van der Waals surface area contributed by atoms with E-state index >= 15 is 0 Å². The fourth-order valence-corrected chi connectivity index (χ4v) is 4.04. The number of hydrogen-bond acceptors (Lipinski definition) is 2. The van der Waals surface area contributed by atoms with Gasteiger partial charge in [0.1, 0.15) is 44.3 Å². The summed E-state index contributed by atoms with van der Waals surface area (Å²) in [5, 5.41) is 3.73. The van der Waals surface area contributed by atoms with Crippen molar-refractivity contribution >= 4 is 17.5 Å². The van der Waals surface area contributed by atoms with Gasteiger partial charge in [0.2, 0.25) is 0 Å². The van der Waals surface area contributed by atoms with Gasteiger partial charge in [-0.3, -0.25) is 4.79 Å². The highest BCUT2D eigenvalue weighted by Crippen LogP contribution is 2.18. The number of nitrogens with one attached hydrogen (secondary N) is 3. The van der Waals surface area contributed by atoms with E-state index in [4.69, 9.17) is 16.3 Å². The van der Waals surface area contributed by atoms with Crippen LogP contribution in [0.2, 0.25) is 5.02 Å². The van der Waals surface area contributed by atoms with E-state index in [-0.39, 0.29) is 17.8 Å². The maximum atomic E-state index is 13.6. The summed E-state index contributed by atoms with van der Waals surface area (Å²) in [5.41, 5.74) is 1.89. The van der Waals surface area contributed by atoms with Gasteiger partial charge in [-0.2, -0.15) is 0 Å². The van der Waals surface area contributed by atoms with Gasteiger partial charge in [-0.15, -0.1) is 0 Å². The first kappa shape index (κ1) is 21.6. The predicted octanol–water partition coefficient (Wildman–Crippen LogP) is 0.649. The van der Waals surface area contributed by atoms with Crippen LogP contribution in [0.4, 0.5) is 4.39 Å². The Morgan fingerprint density at radius 3 is 2.59 bits per heavy atom. The summed E-state index contributed by atoms with van der Waals surface area (Å²) in [4.78, 5) is 15.1. The topological polar surface area (TPSA) is 47.2 Å². The quantitative estimate of drug-likeness (QED) is 0.614. The lowest BCUT2D eigenvalue weighted by molar-refractivity contribution is -1.02. The van der Waals surface area contributed by atoms with Crippen LogP contribution in [-0.2, 0) is 11.3 Å². The smallest absolute Gasteiger partial charge is 0.275 e. The first-order chi connectivity index (χ1) is 13.9. The Morgan fingerprint density at radius 2 is 1.90 bits per heavy atom. The van der Waals surface area contributed by atoms with E-state index in [1.54, 1.807) is 19.2 Å². The summed E-state index contributed by atoms with van der Waals surface area (Å²) in [6.07, 6.45) is 0. The van der Waals surface area contributed by atoms with Crippen LogP contribution in [-0.4, -0.2) is 45.7 Å². The fraction of sp³-hybridized carbons (Fsp3) is 0.409. The third-order valence-electron chi connectivity index (χ3n) is 5.48. The molecule has 2 aromatic rings. The number of halogens is 2. The molecule has 1 saturated heterocycles. The monoisotopic (exact) mass is 421 g/mol. The summed E-state index contributed by atoms with van der Waals surface area (Å²) >= 11 is 6.03. The number of methoxy groups -OCH3 is 1. The molecule has 0 aromatic heterocycles. The molecule has 1 heterocycles. The zero-order chi connectivity index (χ0) is 20.8. The number of quaternary nitrogens is 2. The van der Waals surface area contributed by atoms with E-state index < -0.39 is 0 Å². The molecule has 5 nitrogen and oxygen atoms in total. The van der Waals surface area contributed by atoms with E-state index in [1.807, 2.05) is 31.2 Å². The average Bonchev–Trinajstić information content (AvgIpc) is 2.69. The van der Waals surface area contributed by atoms with Gasteiger partial charge in [-0.1, -0.05) is 23.7 Å². The normalized spacial score (nSPS) is 20.1. The summed E-state index contributed by atoms with van der Waals surface area (Å²) in [7, 11) is 1.61. The lowest BCUT2D eigenvalue weighted by Gasteiger charge is -2.30. The first-order valence-corrected chi connectivity index (χ1v) is 10.4. The number of hydrogen-bond donors (Lipinski definition) is 3. The molecule has 0 saturated carbocycles. The van der Waals surface area contributed by atoms with E-state index in [9.17, 15) is 9.18 Å². The number of piperazine rings is 1. The molecule has 3 N–H and O–H groups in total. The van der Waals surface area contributed by atoms with Crippen molar-refractivity contribution in [1.82, 2.24) is 5.32 Å². The molecule has 1 amide bonds. The second kappa shape index (κ2) is 10.1. The van der Waals surface area contributed by atoms with Crippen LogP contribution in [0, 0.1) is 5.82 Å². The minimum Gasteiger partial charge on any atom is -0.496 e. The molecule has 1 fully saturated rings. The minimum atomic E-state index is -0.241. The molecule has 0 spiro atoms. The Labute approximate surface area is 176 Å². The van der Waals surface area contributed by atoms with Gasteiger partial charge in [-0.25, -0.2) is 4.39 Å². The Morgan fingerprint density at radius 1 is 1.17 bits per heavy atom. The second-order valence-corrected chi connectivity index (χ2v) is 8.09. The van der Waals surface area contributed by atoms with Crippen LogP contribution in [0.5, 0.6) is 5.75 Å². The molecule has 3 rings (SSSR count). The molecule has 29 heavy (non-hydrogen) atoms. The molecular formula is C22H29ClFN3O2+2. The largest absolute Gasteiger partial charge is 0.496 e. The molecule has 1 aliphatic heterocycles. The standard InChI is InChI=1S/C22H27ClFN3O2/c1-16(17-4-3-5-19(23)12-17)25-22(28)15-27-10-8-26(9-11-27)14-18-13-20(24)6-7-21(18)29-2/h3-7,12-13,16H,8-11,14-15H2,1-2H3,(H,25,28)/p+2/t16-/m1/s1. The zero-order valence-corrected chi connectivity index (χ0v) is 17.7. The number of carbonyl (C=O) groups excluding carboxylic acids is 1. The van der Waals surface area contributed by atoms with Crippen LogP contribution in [0.15, 0.2) is 42.5 Å². The highest BCUT2D eigenvalue weighted by molar-refractivity contribution is 6.30. The van der Waals surface area contributed by atoms with E-state index in [1.165, 1.54) is 15.9 Å². The highest BCUT2D eigenvalue weighted by Gasteiger charge is 2.26. The average molecular weight is 422 g/mol. The van der Waals surface area contributed by atoms with Crippen molar-refractivity contribution < 1.29 is 23.7 Å². The molecule has 156 valence electrons. The Hall–Kier alpha value is -2.15. The van der Waals surface area contributed by atoms with Crippen molar-refractivity contribution in [2.75, 3.05) is 39.8 Å². The van der Waals surface area contributed by atoms with Crippen molar-refractivity contribution in [3.63, 3.8) is 0 Å². The van der Waals surface area contributed by atoms with Crippen molar-refractivity contribution in [3.8, 4) is 5.75 Å². The van der Waals surface area contributed by atoms with Gasteiger partial charge in [0.15, 0.2) is 6.54 Å². The van der Waals surface area contributed by atoms with E-state index in [2.05, 4.69) is 5.32 Å². The van der Waals surface area contributed by atoms with Crippen molar-refractivity contribution in [2.45, 2.75) is 19.5 Å². The van der Waals surface area contributed by atoms with Gasteiger partial charge < -0.3 is 19.9 Å². The lowest BCUT2D eigenvalue weighted by atomic mass is 10.1. The minimum absolute atomic E-state index is 0.0442. The molecule has 1 aliphatic rings. The third kappa shape index (κ3) is 6.16. The maximum Gasteiger partial charge on any atom is 0.275 e. The van der Waals surface area contributed by atoms with Crippen LogP contribution in [0.25, 0.3) is 0 Å². The summed E-state index contributed by atoms with van der Waals surface area (Å²) < 4.78 is 18.9. The lowest BCUT2D eigenvalue weighted by Crippen LogP contribution is -3.28. The van der Waals surface area contributed by atoms with E-state index in [0.29, 0.717) is 11.6 Å². The molecule has 7 heteroatoms. The van der Waals surface area contributed by atoms with Crippen molar-refractivity contribution in [1.29, 1.82) is 0 Å². The number of benzene rings is 2. The Balaban J connectivity index is 1.46. The Kier molecular flexibility index (Phi) is 7.47. The second-order valence-electron chi connectivity index (χ2n) is 7.65. The number of amides is 1. The summed E-state index contributed by atoms with van der Waals surface area (Å²) in [6.45, 7) is 6.84. The predicted molar refractivity (Wildman–Crippen MR) is 111 cm³/mol. The maximum absolute atomic E-state index is 13.6. The van der Waals surface area contributed by atoms with Gasteiger partial charge in [0.25, 0.3) is 5.91 Å². The molecule has 0 bridgehead atoms. The number of rotatable bonds is 7. The molecule has 0 unspecified atom stereocenters. The third-order valence-corrected chi connectivity index (χ3v) is 5.72. The Bertz CT molecular complexity index is 841. The summed E-state index contributed by atoms with van der Waals surface area (Å²) in [5.74, 6) is 0.528.